The normalized spacial score (nSPS) is 18.6. The molecule has 0 bridgehead atoms. The lowest BCUT2D eigenvalue weighted by Crippen LogP contribution is -2.36. The Bertz CT molecular complexity index is 508. The number of fused-ring (bicyclic) bond motifs is 1. The predicted octanol–water partition coefficient (Wildman–Crippen LogP) is 3.52. The number of carbonyl (C=O) groups excluding carboxylic acids is 1. The number of nitrogens with one attached hydrogen (secondary N) is 1. The number of carbonyl (C=O) groups is 1. The van der Waals surface area contributed by atoms with Crippen LogP contribution in [0.25, 0.3) is 0 Å². The molecule has 1 aliphatic heterocycles. The highest BCUT2D eigenvalue weighted by atomic mass is 16.6. The molecule has 1 aromatic rings. The summed E-state index contributed by atoms with van der Waals surface area (Å²) in [6.07, 6.45) is 0.610. The van der Waals surface area contributed by atoms with Gasteiger partial charge < -0.3 is 10.1 Å². The van der Waals surface area contributed by atoms with E-state index in [1.165, 1.54) is 11.1 Å². The van der Waals surface area contributed by atoms with Gasteiger partial charge in [-0.1, -0.05) is 31.2 Å². The molecule has 1 atom stereocenters. The average molecular weight is 304 g/mol. The minimum atomic E-state index is -0.434. The van der Waals surface area contributed by atoms with Crippen molar-refractivity contribution < 1.29 is 9.53 Å². The smallest absolute Gasteiger partial charge is 0.407 e. The van der Waals surface area contributed by atoms with E-state index in [0.29, 0.717) is 12.5 Å². The first-order valence-corrected chi connectivity index (χ1v) is 8.12. The number of nitrogens with zero attached hydrogens (tertiary/aromatic N) is 1. The van der Waals surface area contributed by atoms with E-state index >= 15 is 0 Å². The standard InChI is InChI=1S/C18H28N2O2/c1-14-12-20(13-15-8-5-6-9-16(14)15)11-7-10-19-17(21)22-18(2,3)4/h5-6,8-9,14H,7,10-13H2,1-4H3,(H,19,21). The fourth-order valence-corrected chi connectivity index (χ4v) is 2.93. The minimum Gasteiger partial charge on any atom is -0.444 e. The third-order valence-corrected chi connectivity index (χ3v) is 3.83. The Morgan fingerprint density at radius 2 is 2.09 bits per heavy atom. The number of amides is 1. The van der Waals surface area contributed by atoms with Crippen molar-refractivity contribution in [1.29, 1.82) is 0 Å². The number of benzene rings is 1. The highest BCUT2D eigenvalue weighted by molar-refractivity contribution is 5.67. The number of hydrogen-bond donors (Lipinski definition) is 1. The molecule has 1 aromatic carbocycles. The van der Waals surface area contributed by atoms with E-state index in [-0.39, 0.29) is 6.09 Å². The van der Waals surface area contributed by atoms with Crippen molar-refractivity contribution >= 4 is 6.09 Å². The van der Waals surface area contributed by atoms with Gasteiger partial charge in [-0.05, 0) is 44.2 Å². The Morgan fingerprint density at radius 1 is 1.36 bits per heavy atom. The van der Waals surface area contributed by atoms with Gasteiger partial charge >= 0.3 is 6.09 Å². The van der Waals surface area contributed by atoms with Crippen LogP contribution in [0.3, 0.4) is 0 Å². The zero-order valence-electron chi connectivity index (χ0n) is 14.2. The first kappa shape index (κ1) is 16.8. The molecular weight excluding hydrogens is 276 g/mol. The first-order chi connectivity index (χ1) is 10.3. The average Bonchev–Trinajstić information content (AvgIpc) is 2.42. The Kier molecular flexibility index (Phi) is 5.46. The van der Waals surface area contributed by atoms with Gasteiger partial charge in [0, 0.05) is 26.2 Å². The van der Waals surface area contributed by atoms with Gasteiger partial charge in [0.25, 0.3) is 0 Å². The van der Waals surface area contributed by atoms with Crippen LogP contribution in [0.15, 0.2) is 24.3 Å². The molecule has 0 fully saturated rings. The van der Waals surface area contributed by atoms with E-state index < -0.39 is 5.60 Å². The fourth-order valence-electron chi connectivity index (χ4n) is 2.93. The van der Waals surface area contributed by atoms with Crippen LogP contribution in [0.5, 0.6) is 0 Å². The number of hydrogen-bond acceptors (Lipinski definition) is 3. The molecule has 4 heteroatoms. The largest absolute Gasteiger partial charge is 0.444 e. The zero-order valence-corrected chi connectivity index (χ0v) is 14.2. The zero-order chi connectivity index (χ0) is 16.2. The summed E-state index contributed by atoms with van der Waals surface area (Å²) >= 11 is 0. The molecule has 4 nitrogen and oxygen atoms in total. The lowest BCUT2D eigenvalue weighted by molar-refractivity contribution is 0.0525. The topological polar surface area (TPSA) is 41.6 Å². The third-order valence-electron chi connectivity index (χ3n) is 3.83. The Labute approximate surface area is 133 Å². The van der Waals surface area contributed by atoms with Gasteiger partial charge in [0.05, 0.1) is 0 Å². The maximum atomic E-state index is 11.6. The van der Waals surface area contributed by atoms with Crippen molar-refractivity contribution in [1.82, 2.24) is 10.2 Å². The third kappa shape index (κ3) is 5.02. The molecule has 1 aliphatic rings. The van der Waals surface area contributed by atoms with Crippen molar-refractivity contribution in [3.05, 3.63) is 35.4 Å². The van der Waals surface area contributed by atoms with E-state index in [9.17, 15) is 4.79 Å². The minimum absolute atomic E-state index is 0.329. The molecule has 1 unspecified atom stereocenters. The van der Waals surface area contributed by atoms with Crippen LogP contribution in [0.1, 0.15) is 51.2 Å². The second kappa shape index (κ2) is 7.14. The van der Waals surface area contributed by atoms with Crippen molar-refractivity contribution in [2.75, 3.05) is 19.6 Å². The molecule has 1 heterocycles. The van der Waals surface area contributed by atoms with Crippen LogP contribution in [-0.2, 0) is 11.3 Å². The van der Waals surface area contributed by atoms with Gasteiger partial charge in [0.1, 0.15) is 5.60 Å². The SMILES string of the molecule is CC1CN(CCCNC(=O)OC(C)(C)C)Cc2ccccc21. The summed E-state index contributed by atoms with van der Waals surface area (Å²) in [4.78, 5) is 14.0. The lowest BCUT2D eigenvalue weighted by Gasteiger charge is -2.33. The summed E-state index contributed by atoms with van der Waals surface area (Å²) in [5.74, 6) is 0.573. The van der Waals surface area contributed by atoms with Crippen LogP contribution in [-0.4, -0.2) is 36.2 Å². The molecule has 0 aliphatic carbocycles. The second-order valence-corrected chi connectivity index (χ2v) is 7.12. The summed E-state index contributed by atoms with van der Waals surface area (Å²) in [6.45, 7) is 11.6. The lowest BCUT2D eigenvalue weighted by atomic mass is 9.91. The maximum Gasteiger partial charge on any atom is 0.407 e. The fraction of sp³-hybridized carbons (Fsp3) is 0.611. The number of rotatable bonds is 4. The van der Waals surface area contributed by atoms with Crippen molar-refractivity contribution in [3.63, 3.8) is 0 Å². The van der Waals surface area contributed by atoms with Crippen molar-refractivity contribution in [2.24, 2.45) is 0 Å². The molecular formula is C18H28N2O2. The van der Waals surface area contributed by atoms with E-state index in [1.807, 2.05) is 20.8 Å². The van der Waals surface area contributed by atoms with Gasteiger partial charge in [-0.3, -0.25) is 4.90 Å². The van der Waals surface area contributed by atoms with Gasteiger partial charge in [-0.15, -0.1) is 0 Å². The summed E-state index contributed by atoms with van der Waals surface area (Å²) < 4.78 is 5.23. The molecule has 0 spiro atoms. The maximum absolute atomic E-state index is 11.6. The number of alkyl carbamates (subject to hydrolysis) is 1. The Balaban J connectivity index is 1.72. The van der Waals surface area contributed by atoms with Crippen LogP contribution in [0, 0.1) is 0 Å². The summed E-state index contributed by atoms with van der Waals surface area (Å²) in [5.41, 5.74) is 2.47. The summed E-state index contributed by atoms with van der Waals surface area (Å²) in [6, 6.07) is 8.69. The Hall–Kier alpha value is -1.55. The van der Waals surface area contributed by atoms with E-state index in [2.05, 4.69) is 41.4 Å². The second-order valence-electron chi connectivity index (χ2n) is 7.12. The van der Waals surface area contributed by atoms with Gasteiger partial charge in [0.15, 0.2) is 0 Å². The van der Waals surface area contributed by atoms with Crippen LogP contribution in [0.4, 0.5) is 4.79 Å². The molecule has 0 radical (unpaired) electrons. The predicted molar refractivity (Wildman–Crippen MR) is 89.0 cm³/mol. The molecule has 0 saturated carbocycles. The summed E-state index contributed by atoms with van der Waals surface area (Å²) in [5, 5.41) is 2.82. The van der Waals surface area contributed by atoms with E-state index in [0.717, 1.165) is 26.1 Å². The molecule has 0 aromatic heterocycles. The quantitative estimate of drug-likeness (QED) is 0.865. The molecule has 1 amide bonds. The van der Waals surface area contributed by atoms with Gasteiger partial charge in [-0.2, -0.15) is 0 Å². The molecule has 0 saturated heterocycles. The highest BCUT2D eigenvalue weighted by Crippen LogP contribution is 2.27. The molecule has 122 valence electrons. The molecule has 1 N–H and O–H groups in total. The van der Waals surface area contributed by atoms with E-state index in [4.69, 9.17) is 4.74 Å². The van der Waals surface area contributed by atoms with Crippen LogP contribution >= 0.6 is 0 Å². The van der Waals surface area contributed by atoms with Crippen LogP contribution in [0.2, 0.25) is 0 Å². The van der Waals surface area contributed by atoms with E-state index in [1.54, 1.807) is 0 Å². The van der Waals surface area contributed by atoms with Crippen molar-refractivity contribution in [3.8, 4) is 0 Å². The highest BCUT2D eigenvalue weighted by Gasteiger charge is 2.21. The van der Waals surface area contributed by atoms with Gasteiger partial charge in [0.2, 0.25) is 0 Å². The number of ether oxygens (including phenoxy) is 1. The van der Waals surface area contributed by atoms with Gasteiger partial charge in [-0.25, -0.2) is 4.79 Å². The summed E-state index contributed by atoms with van der Waals surface area (Å²) in [7, 11) is 0. The Morgan fingerprint density at radius 3 is 2.82 bits per heavy atom. The molecule has 22 heavy (non-hydrogen) atoms. The first-order valence-electron chi connectivity index (χ1n) is 8.12. The van der Waals surface area contributed by atoms with Crippen LogP contribution < -0.4 is 5.32 Å². The van der Waals surface area contributed by atoms with Crippen molar-refractivity contribution in [2.45, 2.75) is 52.2 Å². The monoisotopic (exact) mass is 304 g/mol. The molecule has 2 rings (SSSR count).